The van der Waals surface area contributed by atoms with Crippen molar-refractivity contribution in [3.05, 3.63) is 175 Å². The Bertz CT molecular complexity index is 2910. The topological polar surface area (TPSA) is 33.5 Å². The molecular weight excluding hydrogens is 949 g/mol. The van der Waals surface area contributed by atoms with Crippen LogP contribution in [-0.4, -0.2) is 9.55 Å². The molecule has 0 atom stereocenters. The van der Waals surface area contributed by atoms with Crippen molar-refractivity contribution in [1.29, 1.82) is 0 Å². The Labute approximate surface area is 369 Å². The summed E-state index contributed by atoms with van der Waals surface area (Å²) in [5, 5.41) is 1.98. The van der Waals surface area contributed by atoms with E-state index in [1.54, 1.807) is 12.3 Å². The van der Waals surface area contributed by atoms with Gasteiger partial charge in [0, 0.05) is 66.9 Å². The molecule has 0 bridgehead atoms. The Hall–Kier alpha value is -5.85. The second-order valence-electron chi connectivity index (χ2n) is 17.5. The van der Waals surface area contributed by atoms with Crippen molar-refractivity contribution in [3.8, 4) is 28.4 Å². The van der Waals surface area contributed by atoms with E-state index in [-0.39, 0.29) is 31.9 Å². The van der Waals surface area contributed by atoms with E-state index in [2.05, 4.69) is 113 Å². The molecule has 0 amide bonds. The van der Waals surface area contributed by atoms with E-state index in [1.807, 2.05) is 72.2 Å². The summed E-state index contributed by atoms with van der Waals surface area (Å²) in [4.78, 5) is 9.20. The van der Waals surface area contributed by atoms with Crippen LogP contribution in [-0.2, 0) is 38.1 Å². The van der Waals surface area contributed by atoms with Crippen LogP contribution in [0.1, 0.15) is 63.8 Å². The molecule has 0 aliphatic carbocycles. The van der Waals surface area contributed by atoms with Crippen LogP contribution in [0.5, 0.6) is 11.5 Å². The van der Waals surface area contributed by atoms with Crippen LogP contribution >= 0.6 is 0 Å². The second kappa shape index (κ2) is 15.6. The number of aromatic nitrogens is 2. The molecule has 5 nitrogen and oxygen atoms in total. The average molecular weight is 993 g/mol. The Morgan fingerprint density at radius 2 is 1.28 bits per heavy atom. The van der Waals surface area contributed by atoms with Gasteiger partial charge in [-0.1, -0.05) is 95.6 Å². The first-order chi connectivity index (χ1) is 28.5. The van der Waals surface area contributed by atoms with Gasteiger partial charge in [-0.25, -0.2) is 4.98 Å². The number of anilines is 4. The summed E-state index contributed by atoms with van der Waals surface area (Å²) in [6, 6.07) is 47.4. The zero-order valence-electron chi connectivity index (χ0n) is 34.9. The number of hydrogen-bond acceptors (Lipinski definition) is 4. The van der Waals surface area contributed by atoms with Crippen molar-refractivity contribution >= 4 is 44.6 Å². The fourth-order valence-electron chi connectivity index (χ4n) is 7.88. The molecule has 0 unspecified atom stereocenters. The second-order valence-corrected chi connectivity index (χ2v) is 17.5. The maximum Gasteiger partial charge on any atom is 0.416 e. The summed E-state index contributed by atoms with van der Waals surface area (Å²) in [5.74, 6) is 1.64. The molecule has 0 fully saturated rings. The van der Waals surface area contributed by atoms with Gasteiger partial charge in [0.05, 0.1) is 5.56 Å². The first-order valence-electron chi connectivity index (χ1n) is 20.0. The van der Waals surface area contributed by atoms with Crippen molar-refractivity contribution < 1.29 is 39.0 Å². The first-order valence-corrected chi connectivity index (χ1v) is 20.0. The van der Waals surface area contributed by atoms with Gasteiger partial charge < -0.3 is 19.1 Å². The third-order valence-corrected chi connectivity index (χ3v) is 11.2. The molecule has 8 aromatic rings. The van der Waals surface area contributed by atoms with E-state index < -0.39 is 11.7 Å². The quantitative estimate of drug-likeness (QED) is 0.155. The van der Waals surface area contributed by atoms with Gasteiger partial charge in [0.15, 0.2) is 0 Å². The fraction of sp³-hybridized carbons (Fsp3) is 0.192. The molecule has 0 spiro atoms. The molecule has 0 saturated carbocycles. The molecule has 2 aromatic heterocycles. The number of aryl methyl sites for hydroxylation is 1. The first kappa shape index (κ1) is 41.9. The predicted octanol–water partition coefficient (Wildman–Crippen LogP) is 14.6. The van der Waals surface area contributed by atoms with Gasteiger partial charge >= 0.3 is 6.18 Å². The minimum absolute atomic E-state index is 0. The van der Waals surface area contributed by atoms with Crippen LogP contribution < -0.4 is 14.5 Å². The van der Waals surface area contributed by atoms with E-state index in [0.717, 1.165) is 56.2 Å². The van der Waals surface area contributed by atoms with Crippen LogP contribution in [0, 0.1) is 25.7 Å². The number of alkyl halides is 3. The largest absolute Gasteiger partial charge is 0.509 e. The summed E-state index contributed by atoms with van der Waals surface area (Å²) in [5.41, 5.74) is 9.38. The number of ether oxygens (including phenoxy) is 1. The van der Waals surface area contributed by atoms with Gasteiger partial charge in [0.2, 0.25) is 0 Å². The summed E-state index contributed by atoms with van der Waals surface area (Å²) in [6.07, 6.45) is -2.80. The third-order valence-electron chi connectivity index (χ3n) is 11.2. The molecule has 61 heavy (non-hydrogen) atoms. The van der Waals surface area contributed by atoms with E-state index in [1.165, 1.54) is 23.3 Å². The Kier molecular flexibility index (Phi) is 10.7. The molecule has 9 heteroatoms. The number of nitrogens with zero attached hydrogens (tertiary/aromatic N) is 4. The predicted molar refractivity (Wildman–Crippen MR) is 237 cm³/mol. The van der Waals surface area contributed by atoms with Crippen molar-refractivity contribution in [2.45, 2.75) is 65.5 Å². The zero-order valence-corrected chi connectivity index (χ0v) is 37.2. The smallest absolute Gasteiger partial charge is 0.416 e. The Morgan fingerprint density at radius 1 is 0.623 bits per heavy atom. The van der Waals surface area contributed by atoms with Crippen molar-refractivity contribution in [1.82, 2.24) is 9.55 Å². The molecule has 6 aromatic carbocycles. The minimum atomic E-state index is -4.44. The molecular formula is C52H44F3N4OPt-3. The summed E-state index contributed by atoms with van der Waals surface area (Å²) < 4.78 is 49.2. The molecule has 0 saturated heterocycles. The van der Waals surface area contributed by atoms with E-state index >= 15 is 0 Å². The summed E-state index contributed by atoms with van der Waals surface area (Å²) in [6.45, 7) is 17.5. The van der Waals surface area contributed by atoms with Gasteiger partial charge in [-0.2, -0.15) is 25.3 Å². The molecule has 1 aliphatic rings. The third kappa shape index (κ3) is 7.94. The Morgan fingerprint density at radius 3 is 1.97 bits per heavy atom. The van der Waals surface area contributed by atoms with Gasteiger partial charge in [-0.05, 0) is 93.9 Å². The van der Waals surface area contributed by atoms with E-state index in [0.29, 0.717) is 28.4 Å². The van der Waals surface area contributed by atoms with Crippen molar-refractivity contribution in [2.75, 3.05) is 9.80 Å². The van der Waals surface area contributed by atoms with Crippen LogP contribution in [0.25, 0.3) is 38.8 Å². The maximum atomic E-state index is 13.6. The monoisotopic (exact) mass is 992 g/mol. The molecule has 1 aliphatic heterocycles. The standard InChI is InChI=1S/C52H44F3N4O.Pt/c1-33-24-49(56-31-44(33)34-14-12-15-35(25-34)52(53,54)55)59-45-19-9-8-18-42(45)43-23-22-41(30-48(43)59)60-40-17-13-16-38(29-40)57-32-58(47-21-11-10-20-46(47)57)39-27-36(50(2,3)4)26-37(28-39)51(5,6)7;/h8-28,31-32H,1-7H3;/q-3;. The molecule has 3 heterocycles. The van der Waals surface area contributed by atoms with Crippen LogP contribution in [0.4, 0.5) is 35.9 Å². The Balaban J connectivity index is 0.00000514. The number of rotatable bonds is 6. The summed E-state index contributed by atoms with van der Waals surface area (Å²) >= 11 is 0. The molecule has 312 valence electrons. The van der Waals surface area contributed by atoms with Crippen LogP contribution in [0.15, 0.2) is 134 Å². The van der Waals surface area contributed by atoms with Crippen LogP contribution in [0.3, 0.4) is 0 Å². The van der Waals surface area contributed by atoms with E-state index in [4.69, 9.17) is 9.72 Å². The number of fused-ring (bicyclic) bond motifs is 4. The van der Waals surface area contributed by atoms with Gasteiger partial charge in [0.1, 0.15) is 5.82 Å². The SMILES string of the molecule is Cc1cc(-n2c3[c-]c(Oc4[c-]c(N5[CH-]N(c6cc(C(C)(C)C)cc(C(C)(C)C)c6)c6ccccc65)ccc4)ccc3c3ccccc32)ncc1-c1cccc(C(F)(F)F)c1.[Pt]. The zero-order chi connectivity index (χ0) is 42.1. The normalized spacial score (nSPS) is 13.1. The van der Waals surface area contributed by atoms with E-state index in [9.17, 15) is 13.2 Å². The van der Waals surface area contributed by atoms with Gasteiger partial charge in [-0.15, -0.1) is 48.1 Å². The molecule has 9 rings (SSSR count). The number of para-hydroxylation sites is 3. The minimum Gasteiger partial charge on any atom is -0.509 e. The van der Waals surface area contributed by atoms with Crippen LogP contribution in [0.2, 0.25) is 0 Å². The average Bonchev–Trinajstić information content (AvgIpc) is 3.76. The fourth-order valence-corrected chi connectivity index (χ4v) is 7.88. The van der Waals surface area contributed by atoms with Crippen molar-refractivity contribution in [2.24, 2.45) is 0 Å². The van der Waals surface area contributed by atoms with Crippen molar-refractivity contribution in [3.63, 3.8) is 0 Å². The molecule has 0 N–H and O–H groups in total. The number of pyridine rings is 1. The molecule has 0 radical (unpaired) electrons. The number of halogens is 3. The maximum absolute atomic E-state index is 13.6. The van der Waals surface area contributed by atoms with Gasteiger partial charge in [0.25, 0.3) is 0 Å². The number of hydrogen-bond donors (Lipinski definition) is 0. The number of benzene rings is 6. The van der Waals surface area contributed by atoms with Gasteiger partial charge in [-0.3, -0.25) is 0 Å². The summed E-state index contributed by atoms with van der Waals surface area (Å²) in [7, 11) is 0.